The summed E-state index contributed by atoms with van der Waals surface area (Å²) in [6, 6.07) is 13.4. The Morgan fingerprint density at radius 3 is 2.25 bits per heavy atom. The number of pyridine rings is 1. The highest BCUT2D eigenvalue weighted by Gasteiger charge is 2.35. The first-order valence-electron chi connectivity index (χ1n) is 7.50. The van der Waals surface area contributed by atoms with Crippen LogP contribution in [-0.2, 0) is 6.54 Å². The van der Waals surface area contributed by atoms with E-state index in [-0.39, 0.29) is 23.9 Å². The Labute approximate surface area is 137 Å². The summed E-state index contributed by atoms with van der Waals surface area (Å²) in [5.41, 5.74) is 2.20. The molecule has 0 atom stereocenters. The van der Waals surface area contributed by atoms with Gasteiger partial charge in [-0.2, -0.15) is 0 Å². The van der Waals surface area contributed by atoms with E-state index >= 15 is 0 Å². The quantitative estimate of drug-likeness (QED) is 0.675. The zero-order chi connectivity index (χ0) is 16.8. The number of hydrogen-bond acceptors (Lipinski definition) is 4. The van der Waals surface area contributed by atoms with Crippen LogP contribution in [0.2, 0.25) is 0 Å². The van der Waals surface area contributed by atoms with E-state index in [4.69, 9.17) is 0 Å². The molecule has 0 N–H and O–H groups in total. The second-order valence-electron chi connectivity index (χ2n) is 5.69. The van der Waals surface area contributed by atoms with Crippen LogP contribution in [0.5, 0.6) is 0 Å². The molecular weight excluding hydrogens is 306 g/mol. The van der Waals surface area contributed by atoms with Gasteiger partial charge in [-0.15, -0.1) is 0 Å². The number of aryl methyl sites for hydroxylation is 1. The molecule has 0 radical (unpaired) electrons. The summed E-state index contributed by atoms with van der Waals surface area (Å²) in [6.07, 6.45) is 0. The summed E-state index contributed by atoms with van der Waals surface area (Å²) in [5.74, 6) is -0.719. The summed E-state index contributed by atoms with van der Waals surface area (Å²) in [5, 5.41) is 0. The van der Waals surface area contributed by atoms with Crippen LogP contribution in [0.4, 0.5) is 0 Å². The number of fused-ring (bicyclic) bond motifs is 2. The Hall–Kier alpha value is -3.28. The van der Waals surface area contributed by atoms with Crippen LogP contribution in [0.1, 0.15) is 32.1 Å². The third kappa shape index (κ3) is 2.04. The predicted molar refractivity (Wildman–Crippen MR) is 86.8 cm³/mol. The molecule has 0 spiro atoms. The lowest BCUT2D eigenvalue weighted by Crippen LogP contribution is -2.30. The Bertz CT molecular complexity index is 1030. The molecular formula is C18H13N3O3. The van der Waals surface area contributed by atoms with Gasteiger partial charge in [0.25, 0.3) is 17.4 Å². The van der Waals surface area contributed by atoms with Crippen molar-refractivity contribution in [1.82, 2.24) is 14.3 Å². The van der Waals surface area contributed by atoms with Gasteiger partial charge in [0.1, 0.15) is 5.65 Å². The van der Waals surface area contributed by atoms with Crippen molar-refractivity contribution in [2.75, 3.05) is 0 Å². The molecule has 0 aliphatic carbocycles. The van der Waals surface area contributed by atoms with E-state index in [1.807, 2.05) is 19.1 Å². The SMILES string of the molecule is Cc1cccc2nc(CN3C(=O)c4ccccc4C3=O)cc(=O)n12. The third-order valence-electron chi connectivity index (χ3n) is 4.13. The van der Waals surface area contributed by atoms with Crippen molar-refractivity contribution in [2.45, 2.75) is 13.5 Å². The molecule has 1 aliphatic rings. The zero-order valence-electron chi connectivity index (χ0n) is 12.9. The minimum atomic E-state index is -0.359. The smallest absolute Gasteiger partial charge is 0.261 e. The van der Waals surface area contributed by atoms with Crippen LogP contribution in [0.25, 0.3) is 5.65 Å². The van der Waals surface area contributed by atoms with Crippen molar-refractivity contribution in [3.05, 3.63) is 81.4 Å². The third-order valence-corrected chi connectivity index (χ3v) is 4.13. The highest BCUT2D eigenvalue weighted by atomic mass is 16.2. The lowest BCUT2D eigenvalue weighted by molar-refractivity contribution is 0.0640. The average molecular weight is 319 g/mol. The number of nitrogens with zero attached hydrogens (tertiary/aromatic N) is 3. The van der Waals surface area contributed by atoms with Crippen LogP contribution in [0, 0.1) is 6.92 Å². The van der Waals surface area contributed by atoms with E-state index in [2.05, 4.69) is 4.98 Å². The van der Waals surface area contributed by atoms with Gasteiger partial charge in [0.05, 0.1) is 23.4 Å². The predicted octanol–water partition coefficient (Wildman–Crippen LogP) is 1.80. The van der Waals surface area contributed by atoms with E-state index < -0.39 is 0 Å². The van der Waals surface area contributed by atoms with Crippen molar-refractivity contribution in [2.24, 2.45) is 0 Å². The van der Waals surface area contributed by atoms with Crippen LogP contribution >= 0.6 is 0 Å². The summed E-state index contributed by atoms with van der Waals surface area (Å²) in [6.45, 7) is 1.80. The number of benzene rings is 1. The molecule has 2 amide bonds. The van der Waals surface area contributed by atoms with Crippen molar-refractivity contribution in [3.8, 4) is 0 Å². The van der Waals surface area contributed by atoms with Crippen molar-refractivity contribution in [3.63, 3.8) is 0 Å². The highest BCUT2D eigenvalue weighted by molar-refractivity contribution is 6.21. The number of hydrogen-bond donors (Lipinski definition) is 0. The molecule has 0 unspecified atom stereocenters. The van der Waals surface area contributed by atoms with Crippen molar-refractivity contribution in [1.29, 1.82) is 0 Å². The molecule has 3 aromatic rings. The number of carbonyl (C=O) groups is 2. The van der Waals surface area contributed by atoms with Crippen LogP contribution in [-0.4, -0.2) is 26.1 Å². The molecule has 3 heterocycles. The van der Waals surface area contributed by atoms with Gasteiger partial charge < -0.3 is 0 Å². The lowest BCUT2D eigenvalue weighted by Gasteiger charge is -2.14. The lowest BCUT2D eigenvalue weighted by atomic mass is 10.1. The number of carbonyl (C=O) groups excluding carboxylic acids is 2. The van der Waals surface area contributed by atoms with Crippen LogP contribution in [0.15, 0.2) is 53.3 Å². The summed E-state index contributed by atoms with van der Waals surface area (Å²) in [4.78, 5) is 42.7. The number of amides is 2. The molecule has 1 aromatic carbocycles. The minimum absolute atomic E-state index is 0.0218. The fraction of sp³-hybridized carbons (Fsp3) is 0.111. The molecule has 24 heavy (non-hydrogen) atoms. The van der Waals surface area contributed by atoms with Gasteiger partial charge in [-0.3, -0.25) is 23.7 Å². The van der Waals surface area contributed by atoms with Gasteiger partial charge >= 0.3 is 0 Å². The van der Waals surface area contributed by atoms with Gasteiger partial charge in [0.2, 0.25) is 0 Å². The molecule has 4 rings (SSSR count). The Balaban J connectivity index is 1.75. The summed E-state index contributed by atoms with van der Waals surface area (Å²) >= 11 is 0. The fourth-order valence-corrected chi connectivity index (χ4v) is 2.99. The van der Waals surface area contributed by atoms with E-state index in [1.165, 1.54) is 10.5 Å². The van der Waals surface area contributed by atoms with E-state index in [0.29, 0.717) is 22.5 Å². The number of aromatic nitrogens is 2. The first-order valence-corrected chi connectivity index (χ1v) is 7.50. The Morgan fingerprint density at radius 1 is 0.917 bits per heavy atom. The van der Waals surface area contributed by atoms with Gasteiger partial charge in [0.15, 0.2) is 0 Å². The fourth-order valence-electron chi connectivity index (χ4n) is 2.99. The monoisotopic (exact) mass is 319 g/mol. The first kappa shape index (κ1) is 14.3. The molecule has 6 nitrogen and oxygen atoms in total. The molecule has 0 saturated carbocycles. The van der Waals surface area contributed by atoms with E-state index in [9.17, 15) is 14.4 Å². The normalized spacial score (nSPS) is 13.6. The molecule has 6 heteroatoms. The van der Waals surface area contributed by atoms with E-state index in [1.54, 1.807) is 30.3 Å². The Kier molecular flexibility index (Phi) is 3.06. The second kappa shape index (κ2) is 5.13. The molecule has 0 fully saturated rings. The zero-order valence-corrected chi connectivity index (χ0v) is 12.9. The molecule has 118 valence electrons. The molecule has 0 bridgehead atoms. The maximum Gasteiger partial charge on any atom is 0.261 e. The van der Waals surface area contributed by atoms with Gasteiger partial charge in [-0.25, -0.2) is 4.98 Å². The topological polar surface area (TPSA) is 71.8 Å². The Morgan fingerprint density at radius 2 is 1.58 bits per heavy atom. The van der Waals surface area contributed by atoms with Gasteiger partial charge in [0, 0.05) is 11.8 Å². The summed E-state index contributed by atoms with van der Waals surface area (Å²) in [7, 11) is 0. The largest absolute Gasteiger partial charge is 0.269 e. The minimum Gasteiger partial charge on any atom is -0.269 e. The molecule has 2 aromatic heterocycles. The standard InChI is InChI=1S/C18H13N3O3/c1-11-5-4-8-15-19-12(9-16(22)21(11)15)10-20-17(23)13-6-2-3-7-14(13)18(20)24/h2-9H,10H2,1H3. The van der Waals surface area contributed by atoms with Crippen LogP contribution in [0.3, 0.4) is 0 Å². The van der Waals surface area contributed by atoms with Gasteiger partial charge in [-0.1, -0.05) is 18.2 Å². The van der Waals surface area contributed by atoms with Crippen LogP contribution < -0.4 is 5.56 Å². The van der Waals surface area contributed by atoms with Gasteiger partial charge in [-0.05, 0) is 31.2 Å². The van der Waals surface area contributed by atoms with E-state index in [0.717, 1.165) is 10.6 Å². The first-order chi connectivity index (χ1) is 11.6. The maximum absolute atomic E-state index is 12.4. The number of rotatable bonds is 2. The highest BCUT2D eigenvalue weighted by Crippen LogP contribution is 2.23. The average Bonchev–Trinajstić information content (AvgIpc) is 2.80. The van der Waals surface area contributed by atoms with Crippen molar-refractivity contribution < 1.29 is 9.59 Å². The molecule has 0 saturated heterocycles. The number of imide groups is 1. The summed E-state index contributed by atoms with van der Waals surface area (Å²) < 4.78 is 1.49. The second-order valence-corrected chi connectivity index (χ2v) is 5.69. The molecule has 1 aliphatic heterocycles. The maximum atomic E-state index is 12.4. The van der Waals surface area contributed by atoms with Crippen molar-refractivity contribution >= 4 is 17.5 Å².